The molecule has 0 spiro atoms. The average Bonchev–Trinajstić information content (AvgIpc) is 3.25. The third-order valence-electron chi connectivity index (χ3n) is 5.10. The molecule has 3 heterocycles. The number of ether oxygens (including phenoxy) is 2. The van der Waals surface area contributed by atoms with Gasteiger partial charge in [0.1, 0.15) is 11.6 Å². The summed E-state index contributed by atoms with van der Waals surface area (Å²) in [4.78, 5) is 20.7. The standard InChI is InChI=1S/C22H23N5O3/c23-11-19(22(28)25-13-18-2-1-5-24-12-18)15-27-8-6-26(7-9-27)14-17-3-4-20-21(10-17)30-16-29-20/h1-5,10,12,15H,6-9,13-14,16H2,(H,25,28)/b19-15-. The molecule has 0 atom stereocenters. The van der Waals surface area contributed by atoms with Crippen LogP contribution >= 0.6 is 0 Å². The molecule has 8 nitrogen and oxygen atoms in total. The van der Waals surface area contributed by atoms with E-state index in [2.05, 4.69) is 21.3 Å². The fraction of sp³-hybridized carbons (Fsp3) is 0.318. The molecule has 2 aliphatic heterocycles. The Morgan fingerprint density at radius 2 is 2.00 bits per heavy atom. The number of hydrogen-bond donors (Lipinski definition) is 1. The molecule has 154 valence electrons. The number of hydrogen-bond acceptors (Lipinski definition) is 7. The summed E-state index contributed by atoms with van der Waals surface area (Å²) in [7, 11) is 0. The smallest absolute Gasteiger partial charge is 0.263 e. The lowest BCUT2D eigenvalue weighted by molar-refractivity contribution is -0.117. The number of carbonyl (C=O) groups excluding carboxylic acids is 1. The fourth-order valence-electron chi connectivity index (χ4n) is 3.45. The Kier molecular flexibility index (Phi) is 6.11. The molecule has 2 aromatic rings. The summed E-state index contributed by atoms with van der Waals surface area (Å²) in [6.07, 6.45) is 5.03. The van der Waals surface area contributed by atoms with Gasteiger partial charge in [-0.3, -0.25) is 14.7 Å². The lowest BCUT2D eigenvalue weighted by Crippen LogP contribution is -2.44. The molecule has 1 amide bonds. The van der Waals surface area contributed by atoms with E-state index in [1.54, 1.807) is 18.6 Å². The summed E-state index contributed by atoms with van der Waals surface area (Å²) < 4.78 is 10.8. The zero-order valence-electron chi connectivity index (χ0n) is 16.6. The summed E-state index contributed by atoms with van der Waals surface area (Å²) in [5.74, 6) is 1.22. The van der Waals surface area contributed by atoms with Gasteiger partial charge in [0.05, 0.1) is 0 Å². The first-order valence-corrected chi connectivity index (χ1v) is 9.85. The molecule has 8 heteroatoms. The van der Waals surface area contributed by atoms with E-state index in [9.17, 15) is 10.1 Å². The van der Waals surface area contributed by atoms with E-state index < -0.39 is 0 Å². The summed E-state index contributed by atoms with van der Waals surface area (Å²) in [6, 6.07) is 11.7. The molecule has 0 saturated carbocycles. The summed E-state index contributed by atoms with van der Waals surface area (Å²) >= 11 is 0. The van der Waals surface area contributed by atoms with Gasteiger partial charge >= 0.3 is 0 Å². The zero-order chi connectivity index (χ0) is 20.8. The first kappa shape index (κ1) is 19.7. The number of nitriles is 1. The summed E-state index contributed by atoms with van der Waals surface area (Å²) in [6.45, 7) is 4.65. The van der Waals surface area contributed by atoms with Gasteiger partial charge in [0, 0.05) is 57.9 Å². The highest BCUT2D eigenvalue weighted by atomic mass is 16.7. The monoisotopic (exact) mass is 405 g/mol. The van der Waals surface area contributed by atoms with E-state index in [1.807, 2.05) is 35.2 Å². The van der Waals surface area contributed by atoms with Crippen LogP contribution in [0.15, 0.2) is 54.5 Å². The molecule has 1 N–H and O–H groups in total. The first-order valence-electron chi connectivity index (χ1n) is 9.85. The number of benzene rings is 1. The van der Waals surface area contributed by atoms with E-state index in [0.717, 1.165) is 49.8 Å². The van der Waals surface area contributed by atoms with Crippen molar-refractivity contribution in [2.75, 3.05) is 33.0 Å². The van der Waals surface area contributed by atoms with Crippen molar-refractivity contribution < 1.29 is 14.3 Å². The van der Waals surface area contributed by atoms with Crippen molar-refractivity contribution in [1.82, 2.24) is 20.1 Å². The van der Waals surface area contributed by atoms with Crippen LogP contribution in [-0.2, 0) is 17.9 Å². The molecule has 0 aliphatic carbocycles. The van der Waals surface area contributed by atoms with Gasteiger partial charge in [0.15, 0.2) is 11.5 Å². The van der Waals surface area contributed by atoms with Crippen molar-refractivity contribution in [2.24, 2.45) is 0 Å². The number of piperazine rings is 1. The molecular weight excluding hydrogens is 382 g/mol. The van der Waals surface area contributed by atoms with E-state index in [1.165, 1.54) is 5.56 Å². The maximum Gasteiger partial charge on any atom is 0.263 e. The molecule has 4 rings (SSSR count). The molecule has 30 heavy (non-hydrogen) atoms. The number of pyridine rings is 1. The zero-order valence-corrected chi connectivity index (χ0v) is 16.6. The summed E-state index contributed by atoms with van der Waals surface area (Å²) in [5, 5.41) is 12.2. The quantitative estimate of drug-likeness (QED) is 0.577. The van der Waals surface area contributed by atoms with Crippen molar-refractivity contribution in [3.63, 3.8) is 0 Å². The van der Waals surface area contributed by atoms with Gasteiger partial charge in [0.25, 0.3) is 5.91 Å². The molecule has 0 unspecified atom stereocenters. The third-order valence-corrected chi connectivity index (χ3v) is 5.10. The highest BCUT2D eigenvalue weighted by Gasteiger charge is 2.19. The van der Waals surface area contributed by atoms with Crippen LogP contribution in [0.2, 0.25) is 0 Å². The van der Waals surface area contributed by atoms with Crippen molar-refractivity contribution in [3.05, 3.63) is 65.6 Å². The van der Waals surface area contributed by atoms with E-state index in [-0.39, 0.29) is 18.3 Å². The normalized spacial score (nSPS) is 16.2. The Labute approximate surface area is 175 Å². The Morgan fingerprint density at radius 3 is 2.77 bits per heavy atom. The van der Waals surface area contributed by atoms with Crippen molar-refractivity contribution in [3.8, 4) is 17.6 Å². The van der Waals surface area contributed by atoms with Crippen molar-refractivity contribution >= 4 is 5.91 Å². The molecule has 0 bridgehead atoms. The maximum absolute atomic E-state index is 12.3. The van der Waals surface area contributed by atoms with Crippen LogP contribution in [0.1, 0.15) is 11.1 Å². The Balaban J connectivity index is 1.27. The average molecular weight is 405 g/mol. The molecule has 1 aromatic heterocycles. The lowest BCUT2D eigenvalue weighted by Gasteiger charge is -2.34. The van der Waals surface area contributed by atoms with Gasteiger partial charge in [-0.1, -0.05) is 12.1 Å². The van der Waals surface area contributed by atoms with E-state index in [4.69, 9.17) is 9.47 Å². The minimum absolute atomic E-state index is 0.114. The van der Waals surface area contributed by atoms with Gasteiger partial charge in [0.2, 0.25) is 6.79 Å². The second-order valence-electron chi connectivity index (χ2n) is 7.20. The molecule has 1 fully saturated rings. The number of rotatable bonds is 6. The number of amides is 1. The molecule has 1 saturated heterocycles. The van der Waals surface area contributed by atoms with Crippen LogP contribution < -0.4 is 14.8 Å². The van der Waals surface area contributed by atoms with Crippen LogP contribution in [0, 0.1) is 11.3 Å². The molecular formula is C22H23N5O3. The predicted octanol–water partition coefficient (Wildman–Crippen LogP) is 1.65. The van der Waals surface area contributed by atoms with Crippen LogP contribution in [0.4, 0.5) is 0 Å². The SMILES string of the molecule is N#C/C(=C/N1CCN(Cc2ccc3c(c2)OCO3)CC1)C(=O)NCc1cccnc1. The fourth-order valence-corrected chi connectivity index (χ4v) is 3.45. The van der Waals surface area contributed by atoms with E-state index in [0.29, 0.717) is 6.54 Å². The number of aromatic nitrogens is 1. The van der Waals surface area contributed by atoms with Gasteiger partial charge in [-0.15, -0.1) is 0 Å². The van der Waals surface area contributed by atoms with Crippen LogP contribution in [0.5, 0.6) is 11.5 Å². The predicted molar refractivity (Wildman–Crippen MR) is 109 cm³/mol. The van der Waals surface area contributed by atoms with Crippen molar-refractivity contribution in [2.45, 2.75) is 13.1 Å². The Morgan fingerprint density at radius 1 is 1.17 bits per heavy atom. The van der Waals surface area contributed by atoms with Crippen LogP contribution in [-0.4, -0.2) is 53.7 Å². The van der Waals surface area contributed by atoms with Crippen LogP contribution in [0.25, 0.3) is 0 Å². The third kappa shape index (κ3) is 4.88. The molecule has 0 radical (unpaired) electrons. The van der Waals surface area contributed by atoms with E-state index >= 15 is 0 Å². The summed E-state index contributed by atoms with van der Waals surface area (Å²) in [5.41, 5.74) is 2.18. The second kappa shape index (κ2) is 9.29. The largest absolute Gasteiger partial charge is 0.454 e. The Hall–Kier alpha value is -3.57. The number of nitrogens with one attached hydrogen (secondary N) is 1. The van der Waals surface area contributed by atoms with Gasteiger partial charge in [-0.2, -0.15) is 5.26 Å². The molecule has 1 aromatic carbocycles. The second-order valence-corrected chi connectivity index (χ2v) is 7.20. The minimum Gasteiger partial charge on any atom is -0.454 e. The highest BCUT2D eigenvalue weighted by molar-refractivity contribution is 5.97. The van der Waals surface area contributed by atoms with Crippen molar-refractivity contribution in [1.29, 1.82) is 5.26 Å². The topological polar surface area (TPSA) is 90.7 Å². The van der Waals surface area contributed by atoms with Gasteiger partial charge in [-0.05, 0) is 29.3 Å². The van der Waals surface area contributed by atoms with Gasteiger partial charge in [-0.25, -0.2) is 0 Å². The minimum atomic E-state index is -0.371. The lowest BCUT2D eigenvalue weighted by atomic mass is 10.1. The molecule has 2 aliphatic rings. The number of carbonyl (C=O) groups is 1. The number of fused-ring (bicyclic) bond motifs is 1. The first-order chi connectivity index (χ1) is 14.7. The Bertz CT molecular complexity index is 962. The van der Waals surface area contributed by atoms with Gasteiger partial charge < -0.3 is 19.7 Å². The van der Waals surface area contributed by atoms with Crippen LogP contribution in [0.3, 0.4) is 0 Å². The maximum atomic E-state index is 12.3. The number of nitrogens with zero attached hydrogens (tertiary/aromatic N) is 4. The highest BCUT2D eigenvalue weighted by Crippen LogP contribution is 2.32.